The Labute approximate surface area is 161 Å². The number of aromatic nitrogens is 2. The molecule has 140 valence electrons. The average molecular weight is 374 g/mol. The van der Waals surface area contributed by atoms with Gasteiger partial charge in [-0.1, -0.05) is 24.3 Å². The van der Waals surface area contributed by atoms with E-state index in [1.54, 1.807) is 43.5 Å². The van der Waals surface area contributed by atoms with Crippen LogP contribution in [0.25, 0.3) is 11.7 Å². The Morgan fingerprint density at radius 1 is 1.29 bits per heavy atom. The first-order valence-corrected chi connectivity index (χ1v) is 8.70. The van der Waals surface area contributed by atoms with Crippen molar-refractivity contribution < 1.29 is 9.53 Å². The first kappa shape index (κ1) is 18.9. The highest BCUT2D eigenvalue weighted by Crippen LogP contribution is 2.26. The van der Waals surface area contributed by atoms with Crippen molar-refractivity contribution in [1.29, 1.82) is 5.26 Å². The first-order valence-electron chi connectivity index (χ1n) is 8.70. The zero-order valence-corrected chi connectivity index (χ0v) is 15.5. The summed E-state index contributed by atoms with van der Waals surface area (Å²) in [5.74, 6) is -0.00667. The summed E-state index contributed by atoms with van der Waals surface area (Å²) >= 11 is 0. The van der Waals surface area contributed by atoms with E-state index in [0.29, 0.717) is 17.9 Å². The van der Waals surface area contributed by atoms with Crippen LogP contribution in [0.15, 0.2) is 59.0 Å². The monoisotopic (exact) mass is 374 g/mol. The fourth-order valence-electron chi connectivity index (χ4n) is 2.61. The smallest absolute Gasteiger partial charge is 0.269 e. The van der Waals surface area contributed by atoms with E-state index in [2.05, 4.69) is 10.3 Å². The minimum atomic E-state index is -0.565. The molecule has 7 nitrogen and oxygen atoms in total. The third-order valence-electron chi connectivity index (χ3n) is 4.03. The summed E-state index contributed by atoms with van der Waals surface area (Å²) in [5.41, 5.74) is 0.633. The summed E-state index contributed by atoms with van der Waals surface area (Å²) < 4.78 is 7.24. The number of amides is 1. The highest BCUT2D eigenvalue weighted by Gasteiger charge is 2.17. The molecule has 0 radical (unpaired) electrons. The van der Waals surface area contributed by atoms with Gasteiger partial charge in [-0.25, -0.2) is 0 Å². The van der Waals surface area contributed by atoms with Crippen LogP contribution in [-0.4, -0.2) is 21.8 Å². The van der Waals surface area contributed by atoms with Crippen molar-refractivity contribution in [2.45, 2.75) is 13.8 Å². The molecule has 0 aliphatic carbocycles. The van der Waals surface area contributed by atoms with Crippen LogP contribution in [0.4, 0.5) is 0 Å². The van der Waals surface area contributed by atoms with Crippen LogP contribution in [0.2, 0.25) is 0 Å². The zero-order chi connectivity index (χ0) is 20.1. The first-order chi connectivity index (χ1) is 13.5. The van der Waals surface area contributed by atoms with E-state index in [1.807, 2.05) is 25.1 Å². The number of carbonyl (C=O) groups excluding carboxylic acids is 1. The lowest BCUT2D eigenvalue weighted by Crippen LogP contribution is -2.25. The number of hydrogen-bond acceptors (Lipinski definition) is 5. The van der Waals surface area contributed by atoms with Crippen LogP contribution < -0.4 is 15.6 Å². The van der Waals surface area contributed by atoms with E-state index in [4.69, 9.17) is 4.74 Å². The van der Waals surface area contributed by atoms with Gasteiger partial charge >= 0.3 is 0 Å². The van der Waals surface area contributed by atoms with Gasteiger partial charge < -0.3 is 10.1 Å². The highest BCUT2D eigenvalue weighted by molar-refractivity contribution is 6.01. The topological polar surface area (TPSA) is 96.5 Å². The second-order valence-electron chi connectivity index (χ2n) is 5.96. The van der Waals surface area contributed by atoms with Crippen molar-refractivity contribution in [2.24, 2.45) is 0 Å². The van der Waals surface area contributed by atoms with Gasteiger partial charge in [0.1, 0.15) is 28.6 Å². The third kappa shape index (κ3) is 3.76. The van der Waals surface area contributed by atoms with Crippen molar-refractivity contribution in [3.63, 3.8) is 0 Å². The number of aryl methyl sites for hydroxylation is 1. The number of rotatable bonds is 5. The molecule has 0 saturated heterocycles. The third-order valence-corrected chi connectivity index (χ3v) is 4.03. The van der Waals surface area contributed by atoms with Crippen LogP contribution in [0.1, 0.15) is 18.1 Å². The minimum Gasteiger partial charge on any atom is -0.438 e. The largest absolute Gasteiger partial charge is 0.438 e. The second kappa shape index (κ2) is 8.18. The molecule has 0 atom stereocenters. The molecule has 3 aromatic rings. The molecule has 2 aromatic heterocycles. The molecular weight excluding hydrogens is 356 g/mol. The lowest BCUT2D eigenvalue weighted by atomic mass is 10.1. The van der Waals surface area contributed by atoms with Crippen molar-refractivity contribution in [1.82, 2.24) is 14.7 Å². The Bertz CT molecular complexity index is 1170. The van der Waals surface area contributed by atoms with E-state index in [1.165, 1.54) is 10.5 Å². The molecule has 1 aromatic carbocycles. The lowest BCUT2D eigenvalue weighted by Gasteiger charge is -2.11. The molecule has 0 aliphatic rings. The molecule has 1 N–H and O–H groups in total. The van der Waals surface area contributed by atoms with E-state index >= 15 is 0 Å². The molecule has 0 saturated carbocycles. The number of nitriles is 1. The summed E-state index contributed by atoms with van der Waals surface area (Å²) in [4.78, 5) is 29.5. The summed E-state index contributed by atoms with van der Waals surface area (Å²) in [6.07, 6.45) is 2.78. The van der Waals surface area contributed by atoms with Gasteiger partial charge in [-0.3, -0.25) is 14.0 Å². The minimum absolute atomic E-state index is 0.0229. The van der Waals surface area contributed by atoms with Gasteiger partial charge in [0.15, 0.2) is 0 Å². The summed E-state index contributed by atoms with van der Waals surface area (Å²) in [6, 6.07) is 14.3. The summed E-state index contributed by atoms with van der Waals surface area (Å²) in [7, 11) is 0. The molecule has 7 heteroatoms. The van der Waals surface area contributed by atoms with Gasteiger partial charge in [-0.05, 0) is 43.7 Å². The Morgan fingerprint density at radius 2 is 2.04 bits per heavy atom. The number of benzene rings is 1. The van der Waals surface area contributed by atoms with Crippen molar-refractivity contribution in [3.05, 3.63) is 75.7 Å². The Kier molecular flexibility index (Phi) is 5.51. The van der Waals surface area contributed by atoms with Crippen molar-refractivity contribution in [2.75, 3.05) is 6.54 Å². The normalized spacial score (nSPS) is 11.1. The number of likely N-dealkylation sites (N-methyl/N-ethyl adjacent to an activating group) is 1. The summed E-state index contributed by atoms with van der Waals surface area (Å²) in [6.45, 7) is 3.97. The van der Waals surface area contributed by atoms with Gasteiger partial charge in [-0.15, -0.1) is 0 Å². The van der Waals surface area contributed by atoms with E-state index in [-0.39, 0.29) is 17.0 Å². The maximum absolute atomic E-state index is 13.0. The number of carbonyl (C=O) groups is 1. The maximum Gasteiger partial charge on any atom is 0.269 e. The Morgan fingerprint density at radius 3 is 2.75 bits per heavy atom. The number of nitrogens with one attached hydrogen (secondary N) is 1. The number of nitrogens with zero attached hydrogens (tertiary/aromatic N) is 3. The predicted molar refractivity (Wildman–Crippen MR) is 105 cm³/mol. The van der Waals surface area contributed by atoms with Crippen LogP contribution in [0, 0.1) is 18.3 Å². The maximum atomic E-state index is 13.0. The van der Waals surface area contributed by atoms with Gasteiger partial charge in [0.25, 0.3) is 11.5 Å². The van der Waals surface area contributed by atoms with Gasteiger partial charge in [0, 0.05) is 12.7 Å². The molecule has 0 fully saturated rings. The van der Waals surface area contributed by atoms with Crippen LogP contribution >= 0.6 is 0 Å². The van der Waals surface area contributed by atoms with Gasteiger partial charge in [0.2, 0.25) is 5.88 Å². The Balaban J connectivity index is 2.23. The number of pyridine rings is 1. The average Bonchev–Trinajstić information content (AvgIpc) is 2.70. The molecule has 3 rings (SSSR count). The standard InChI is InChI=1S/C21H18N4O3/c1-3-23-19(26)15(13-22)12-16-20(28-17-9-5-4-8-14(17)2)24-18-10-6-7-11-25(18)21(16)27/h4-12H,3H2,1-2H3,(H,23,26). The molecule has 0 aliphatic heterocycles. The number of hydrogen-bond donors (Lipinski definition) is 1. The molecular formula is C21H18N4O3. The second-order valence-corrected chi connectivity index (χ2v) is 5.96. The molecule has 0 bridgehead atoms. The highest BCUT2D eigenvalue weighted by atomic mass is 16.5. The van der Waals surface area contributed by atoms with Gasteiger partial charge in [0.05, 0.1) is 0 Å². The summed E-state index contributed by atoms with van der Waals surface area (Å²) in [5, 5.41) is 11.9. The fourth-order valence-corrected chi connectivity index (χ4v) is 2.61. The number of para-hydroxylation sites is 1. The van der Waals surface area contributed by atoms with Crippen LogP contribution in [0.5, 0.6) is 11.6 Å². The number of fused-ring (bicyclic) bond motifs is 1. The molecule has 28 heavy (non-hydrogen) atoms. The van der Waals surface area contributed by atoms with Crippen molar-refractivity contribution in [3.8, 4) is 17.7 Å². The van der Waals surface area contributed by atoms with Crippen molar-refractivity contribution >= 4 is 17.6 Å². The zero-order valence-electron chi connectivity index (χ0n) is 15.5. The predicted octanol–water partition coefficient (Wildman–Crippen LogP) is 2.84. The molecule has 2 heterocycles. The molecule has 0 spiro atoms. The molecule has 0 unspecified atom stereocenters. The number of ether oxygens (including phenoxy) is 1. The fraction of sp³-hybridized carbons (Fsp3) is 0.143. The van der Waals surface area contributed by atoms with E-state index in [9.17, 15) is 14.9 Å². The SMILES string of the molecule is CCNC(=O)C(C#N)=Cc1c(Oc2ccccc2C)nc2ccccn2c1=O. The Hall–Kier alpha value is -3.92. The quantitative estimate of drug-likeness (QED) is 0.547. The van der Waals surface area contributed by atoms with Crippen LogP contribution in [0.3, 0.4) is 0 Å². The van der Waals surface area contributed by atoms with Crippen LogP contribution in [-0.2, 0) is 4.79 Å². The lowest BCUT2D eigenvalue weighted by molar-refractivity contribution is -0.116. The van der Waals surface area contributed by atoms with E-state index < -0.39 is 11.5 Å². The van der Waals surface area contributed by atoms with E-state index in [0.717, 1.165) is 5.56 Å². The van der Waals surface area contributed by atoms with Gasteiger partial charge in [-0.2, -0.15) is 10.2 Å². The molecule has 1 amide bonds.